The maximum Gasteiger partial charge on any atom is 0.0621 e. The van der Waals surface area contributed by atoms with E-state index >= 15 is 0 Å². The summed E-state index contributed by atoms with van der Waals surface area (Å²) in [7, 11) is 0. The fraction of sp³-hybridized carbons (Fsp3) is 0.308. The molecular weight excluding hydrogens is 198 g/mol. The SMILES string of the molecule is N#CCCCCn1ccc2cc(N)ccc21. The molecule has 0 aliphatic rings. The van der Waals surface area contributed by atoms with Crippen LogP contribution in [0.5, 0.6) is 0 Å². The lowest BCUT2D eigenvalue weighted by molar-refractivity contribution is 0.632. The largest absolute Gasteiger partial charge is 0.399 e. The Hall–Kier alpha value is -1.95. The van der Waals surface area contributed by atoms with Gasteiger partial charge in [0.1, 0.15) is 0 Å². The number of aromatic nitrogens is 1. The van der Waals surface area contributed by atoms with E-state index in [2.05, 4.69) is 29.0 Å². The van der Waals surface area contributed by atoms with Crippen molar-refractivity contribution in [1.82, 2.24) is 4.57 Å². The number of nitrogen functional groups attached to an aromatic ring is 1. The van der Waals surface area contributed by atoms with Crippen molar-refractivity contribution in [2.75, 3.05) is 5.73 Å². The molecule has 3 heteroatoms. The molecule has 0 radical (unpaired) electrons. The van der Waals surface area contributed by atoms with Crippen molar-refractivity contribution in [3.63, 3.8) is 0 Å². The van der Waals surface area contributed by atoms with Crippen LogP contribution in [0.25, 0.3) is 10.9 Å². The Kier molecular flexibility index (Phi) is 3.11. The number of benzene rings is 1. The highest BCUT2D eigenvalue weighted by Gasteiger charge is 2.00. The van der Waals surface area contributed by atoms with E-state index in [9.17, 15) is 0 Å². The van der Waals surface area contributed by atoms with Gasteiger partial charge in [-0.05, 0) is 37.1 Å². The zero-order valence-corrected chi connectivity index (χ0v) is 9.19. The average molecular weight is 213 g/mol. The smallest absolute Gasteiger partial charge is 0.0621 e. The molecule has 0 fully saturated rings. The summed E-state index contributed by atoms with van der Waals surface area (Å²) in [6.45, 7) is 0.967. The number of anilines is 1. The van der Waals surface area contributed by atoms with E-state index in [0.717, 1.165) is 25.1 Å². The molecule has 16 heavy (non-hydrogen) atoms. The van der Waals surface area contributed by atoms with Gasteiger partial charge in [0.15, 0.2) is 0 Å². The highest BCUT2D eigenvalue weighted by molar-refractivity contribution is 5.83. The van der Waals surface area contributed by atoms with Gasteiger partial charge in [-0.2, -0.15) is 5.26 Å². The zero-order chi connectivity index (χ0) is 11.4. The lowest BCUT2D eigenvalue weighted by Gasteiger charge is -2.04. The monoisotopic (exact) mass is 213 g/mol. The molecule has 3 nitrogen and oxygen atoms in total. The summed E-state index contributed by atoms with van der Waals surface area (Å²) in [4.78, 5) is 0. The Balaban J connectivity index is 2.10. The molecule has 2 aromatic rings. The van der Waals surface area contributed by atoms with Gasteiger partial charge in [-0.3, -0.25) is 0 Å². The van der Waals surface area contributed by atoms with Crippen molar-refractivity contribution in [3.05, 3.63) is 30.5 Å². The summed E-state index contributed by atoms with van der Waals surface area (Å²) in [6, 6.07) is 10.2. The van der Waals surface area contributed by atoms with Crippen LogP contribution in [-0.2, 0) is 6.54 Å². The van der Waals surface area contributed by atoms with E-state index in [0.29, 0.717) is 6.42 Å². The summed E-state index contributed by atoms with van der Waals surface area (Å²) >= 11 is 0. The van der Waals surface area contributed by atoms with Crippen molar-refractivity contribution >= 4 is 16.6 Å². The van der Waals surface area contributed by atoms with E-state index in [-0.39, 0.29) is 0 Å². The molecule has 0 spiro atoms. The molecule has 1 aromatic heterocycles. The van der Waals surface area contributed by atoms with Gasteiger partial charge in [-0.25, -0.2) is 0 Å². The van der Waals surface area contributed by atoms with Crippen LogP contribution >= 0.6 is 0 Å². The van der Waals surface area contributed by atoms with Gasteiger partial charge in [0.2, 0.25) is 0 Å². The molecule has 0 atom stereocenters. The molecule has 0 saturated carbocycles. The Labute approximate surface area is 95.1 Å². The summed E-state index contributed by atoms with van der Waals surface area (Å²) in [6.07, 6.45) is 4.73. The lowest BCUT2D eigenvalue weighted by atomic mass is 10.2. The first-order valence-electron chi connectivity index (χ1n) is 5.52. The van der Waals surface area contributed by atoms with Crippen molar-refractivity contribution in [3.8, 4) is 6.07 Å². The van der Waals surface area contributed by atoms with Gasteiger partial charge < -0.3 is 10.3 Å². The second kappa shape index (κ2) is 4.71. The minimum Gasteiger partial charge on any atom is -0.399 e. The van der Waals surface area contributed by atoms with Crippen LogP contribution in [0.4, 0.5) is 5.69 Å². The van der Waals surface area contributed by atoms with Crippen molar-refractivity contribution in [2.45, 2.75) is 25.8 Å². The molecule has 0 saturated heterocycles. The second-order valence-electron chi connectivity index (χ2n) is 3.94. The maximum absolute atomic E-state index is 8.46. The number of unbranched alkanes of at least 4 members (excludes halogenated alkanes) is 2. The molecule has 0 bridgehead atoms. The molecule has 2 N–H and O–H groups in total. The molecule has 82 valence electrons. The molecule has 0 amide bonds. The molecule has 2 rings (SSSR count). The molecular formula is C13H15N3. The number of nitriles is 1. The van der Waals surface area contributed by atoms with Crippen LogP contribution in [0.3, 0.4) is 0 Å². The summed E-state index contributed by atoms with van der Waals surface area (Å²) < 4.78 is 2.21. The van der Waals surface area contributed by atoms with E-state index in [4.69, 9.17) is 11.0 Å². The van der Waals surface area contributed by atoms with E-state index in [1.807, 2.05) is 12.1 Å². The Bertz CT molecular complexity index is 519. The highest BCUT2D eigenvalue weighted by atomic mass is 14.9. The van der Waals surface area contributed by atoms with Crippen LogP contribution in [-0.4, -0.2) is 4.57 Å². The van der Waals surface area contributed by atoms with Gasteiger partial charge in [-0.15, -0.1) is 0 Å². The number of hydrogen-bond acceptors (Lipinski definition) is 2. The van der Waals surface area contributed by atoms with Crippen molar-refractivity contribution in [2.24, 2.45) is 0 Å². The Morgan fingerprint density at radius 1 is 1.25 bits per heavy atom. The van der Waals surface area contributed by atoms with E-state index in [1.54, 1.807) is 0 Å². The quantitative estimate of drug-likeness (QED) is 0.627. The maximum atomic E-state index is 8.46. The zero-order valence-electron chi connectivity index (χ0n) is 9.19. The van der Waals surface area contributed by atoms with Crippen LogP contribution in [0.1, 0.15) is 19.3 Å². The summed E-state index contributed by atoms with van der Waals surface area (Å²) in [5.74, 6) is 0. The molecule has 1 aromatic carbocycles. The number of nitrogens with two attached hydrogens (primary N) is 1. The highest BCUT2D eigenvalue weighted by Crippen LogP contribution is 2.19. The normalized spacial score (nSPS) is 10.4. The summed E-state index contributed by atoms with van der Waals surface area (Å²) in [5, 5.41) is 9.64. The predicted octanol–water partition coefficient (Wildman–Crippen LogP) is 2.92. The third-order valence-electron chi connectivity index (χ3n) is 2.73. The Morgan fingerprint density at radius 2 is 2.12 bits per heavy atom. The first-order chi connectivity index (χ1) is 7.81. The predicted molar refractivity (Wildman–Crippen MR) is 65.8 cm³/mol. The van der Waals surface area contributed by atoms with Gasteiger partial charge in [0.25, 0.3) is 0 Å². The molecule has 1 heterocycles. The van der Waals surface area contributed by atoms with Crippen LogP contribution in [0.2, 0.25) is 0 Å². The van der Waals surface area contributed by atoms with E-state index < -0.39 is 0 Å². The standard InChI is InChI=1S/C13H15N3/c14-7-2-1-3-8-16-9-6-11-10-12(15)4-5-13(11)16/h4-6,9-10H,1-3,8,15H2. The topological polar surface area (TPSA) is 54.7 Å². The number of fused-ring (bicyclic) bond motifs is 1. The first-order valence-corrected chi connectivity index (χ1v) is 5.52. The minimum absolute atomic E-state index is 0.645. The fourth-order valence-electron chi connectivity index (χ4n) is 1.90. The number of rotatable bonds is 4. The third-order valence-corrected chi connectivity index (χ3v) is 2.73. The van der Waals surface area contributed by atoms with Crippen molar-refractivity contribution < 1.29 is 0 Å². The van der Waals surface area contributed by atoms with Gasteiger partial charge >= 0.3 is 0 Å². The van der Waals surface area contributed by atoms with Gasteiger partial charge in [0, 0.05) is 35.8 Å². The third kappa shape index (κ3) is 2.17. The van der Waals surface area contributed by atoms with Crippen molar-refractivity contribution in [1.29, 1.82) is 5.26 Å². The van der Waals surface area contributed by atoms with E-state index in [1.165, 1.54) is 10.9 Å². The van der Waals surface area contributed by atoms with Crippen LogP contribution in [0.15, 0.2) is 30.5 Å². The number of aryl methyl sites for hydroxylation is 1. The van der Waals surface area contributed by atoms with Crippen LogP contribution in [0, 0.1) is 11.3 Å². The molecule has 0 unspecified atom stereocenters. The fourth-order valence-corrected chi connectivity index (χ4v) is 1.90. The van der Waals surface area contributed by atoms with Gasteiger partial charge in [-0.1, -0.05) is 0 Å². The average Bonchev–Trinajstić information content (AvgIpc) is 2.67. The molecule has 0 aliphatic heterocycles. The first kappa shape index (κ1) is 10.6. The number of hydrogen-bond donors (Lipinski definition) is 1. The Morgan fingerprint density at radius 3 is 2.94 bits per heavy atom. The molecule has 0 aliphatic carbocycles. The summed E-state index contributed by atoms with van der Waals surface area (Å²) in [5.41, 5.74) is 7.74. The van der Waals surface area contributed by atoms with Crippen LogP contribution < -0.4 is 5.73 Å². The second-order valence-corrected chi connectivity index (χ2v) is 3.94. The number of nitrogens with zero attached hydrogens (tertiary/aromatic N) is 2. The minimum atomic E-state index is 0.645. The van der Waals surface area contributed by atoms with Gasteiger partial charge in [0.05, 0.1) is 6.07 Å². The lowest BCUT2D eigenvalue weighted by Crippen LogP contribution is -1.95.